The Labute approximate surface area is 144 Å². The molecule has 0 amide bonds. The van der Waals surface area contributed by atoms with Crippen LogP contribution in [0, 0.1) is 0 Å². The number of halogens is 2. The van der Waals surface area contributed by atoms with Crippen LogP contribution in [0.5, 0.6) is 5.75 Å². The Bertz CT molecular complexity index is 689. The van der Waals surface area contributed by atoms with Crippen molar-refractivity contribution in [3.05, 3.63) is 65.2 Å². The van der Waals surface area contributed by atoms with Crippen molar-refractivity contribution in [1.82, 2.24) is 0 Å². The molecule has 0 spiro atoms. The zero-order valence-electron chi connectivity index (χ0n) is 12.5. The van der Waals surface area contributed by atoms with Crippen molar-refractivity contribution in [3.63, 3.8) is 0 Å². The molecule has 0 aromatic heterocycles. The largest absolute Gasteiger partial charge is 0.508 e. The van der Waals surface area contributed by atoms with Gasteiger partial charge in [0.15, 0.2) is 4.33 Å². The van der Waals surface area contributed by atoms with E-state index in [2.05, 4.69) is 4.74 Å². The van der Waals surface area contributed by atoms with Crippen LogP contribution in [-0.4, -0.2) is 24.2 Å². The van der Waals surface area contributed by atoms with E-state index in [1.54, 1.807) is 18.2 Å². The van der Waals surface area contributed by atoms with Gasteiger partial charge in [-0.1, -0.05) is 59.6 Å². The standard InChI is InChI=1S/C17H17Cl2NO3/c1-23-16(22)15(20)9-11-7-8-13(21)10-14(11)17(18,19)12-5-3-2-4-6-12/h2-8,10,15,21H,9,20H2,1H3/t15-/m0/s1. The zero-order chi connectivity index (χ0) is 17.0. The van der Waals surface area contributed by atoms with Crippen molar-refractivity contribution in [3.8, 4) is 5.75 Å². The predicted octanol–water partition coefficient (Wildman–Crippen LogP) is 3.11. The first-order valence-electron chi connectivity index (χ1n) is 6.95. The van der Waals surface area contributed by atoms with Gasteiger partial charge in [-0.25, -0.2) is 0 Å². The van der Waals surface area contributed by atoms with Gasteiger partial charge in [0.1, 0.15) is 11.8 Å². The van der Waals surface area contributed by atoms with Crippen molar-refractivity contribution in [1.29, 1.82) is 0 Å². The number of ether oxygens (including phenoxy) is 1. The first-order chi connectivity index (χ1) is 10.9. The van der Waals surface area contributed by atoms with E-state index in [0.29, 0.717) is 16.7 Å². The molecule has 0 saturated carbocycles. The lowest BCUT2D eigenvalue weighted by atomic mass is 9.94. The normalized spacial score (nSPS) is 12.7. The number of aromatic hydroxyl groups is 1. The predicted molar refractivity (Wildman–Crippen MR) is 90.7 cm³/mol. The highest BCUT2D eigenvalue weighted by Crippen LogP contribution is 2.43. The lowest BCUT2D eigenvalue weighted by Crippen LogP contribution is -2.34. The van der Waals surface area contributed by atoms with Gasteiger partial charge in [0.05, 0.1) is 7.11 Å². The highest BCUT2D eigenvalue weighted by atomic mass is 35.5. The second-order valence-electron chi connectivity index (χ2n) is 5.12. The summed E-state index contributed by atoms with van der Waals surface area (Å²) < 4.78 is 3.26. The SMILES string of the molecule is COC(=O)[C@@H](N)Cc1ccc(O)cc1C(Cl)(Cl)c1ccccc1. The molecular formula is C17H17Cl2NO3. The van der Waals surface area contributed by atoms with E-state index in [-0.39, 0.29) is 12.2 Å². The topological polar surface area (TPSA) is 72.5 Å². The summed E-state index contributed by atoms with van der Waals surface area (Å²) in [5, 5.41) is 9.80. The lowest BCUT2D eigenvalue weighted by molar-refractivity contribution is -0.142. The molecule has 2 aromatic carbocycles. The van der Waals surface area contributed by atoms with Gasteiger partial charge in [0.25, 0.3) is 0 Å². The van der Waals surface area contributed by atoms with E-state index < -0.39 is 16.3 Å². The molecule has 2 rings (SSSR count). The number of alkyl halides is 2. The van der Waals surface area contributed by atoms with Crippen molar-refractivity contribution < 1.29 is 14.6 Å². The van der Waals surface area contributed by atoms with Gasteiger partial charge in [-0.05, 0) is 35.2 Å². The van der Waals surface area contributed by atoms with Crippen LogP contribution in [0.3, 0.4) is 0 Å². The van der Waals surface area contributed by atoms with Crippen LogP contribution in [0.2, 0.25) is 0 Å². The Morgan fingerprint density at radius 3 is 2.52 bits per heavy atom. The first kappa shape index (κ1) is 17.6. The molecule has 2 aromatic rings. The third-order valence-electron chi connectivity index (χ3n) is 3.51. The number of rotatable bonds is 5. The summed E-state index contributed by atoms with van der Waals surface area (Å²) in [4.78, 5) is 11.6. The molecule has 122 valence electrons. The van der Waals surface area contributed by atoms with Gasteiger partial charge in [0, 0.05) is 0 Å². The molecule has 6 heteroatoms. The number of phenols is 1. The molecule has 0 aliphatic heterocycles. The van der Waals surface area contributed by atoms with Gasteiger partial charge >= 0.3 is 5.97 Å². The molecule has 0 heterocycles. The maximum absolute atomic E-state index is 11.6. The summed E-state index contributed by atoms with van der Waals surface area (Å²) in [6.07, 6.45) is 0.191. The maximum Gasteiger partial charge on any atom is 0.322 e. The average Bonchev–Trinajstić information content (AvgIpc) is 2.56. The Morgan fingerprint density at radius 1 is 1.26 bits per heavy atom. The summed E-state index contributed by atoms with van der Waals surface area (Å²) in [6.45, 7) is 0. The molecule has 1 atom stereocenters. The maximum atomic E-state index is 11.6. The van der Waals surface area contributed by atoms with Gasteiger partial charge < -0.3 is 15.6 Å². The number of nitrogens with two attached hydrogens (primary N) is 1. The molecule has 0 fully saturated rings. The minimum atomic E-state index is -1.38. The van der Waals surface area contributed by atoms with Crippen LogP contribution in [-0.2, 0) is 20.3 Å². The van der Waals surface area contributed by atoms with E-state index >= 15 is 0 Å². The van der Waals surface area contributed by atoms with E-state index in [1.165, 1.54) is 19.2 Å². The van der Waals surface area contributed by atoms with E-state index in [9.17, 15) is 9.90 Å². The minimum Gasteiger partial charge on any atom is -0.508 e. The summed E-state index contributed by atoms with van der Waals surface area (Å²) in [5.41, 5.74) is 7.62. The summed E-state index contributed by atoms with van der Waals surface area (Å²) in [6, 6.07) is 12.8. The van der Waals surface area contributed by atoms with Crippen LogP contribution in [0.25, 0.3) is 0 Å². The summed E-state index contributed by atoms with van der Waals surface area (Å²) in [5.74, 6) is -0.504. The van der Waals surface area contributed by atoms with Crippen molar-refractivity contribution >= 4 is 29.2 Å². The fraction of sp³-hybridized carbons (Fsp3) is 0.235. The number of phenolic OH excluding ortho intramolecular Hbond substituents is 1. The molecule has 0 saturated heterocycles. The van der Waals surface area contributed by atoms with Crippen molar-refractivity contribution in [2.45, 2.75) is 16.8 Å². The highest BCUT2D eigenvalue weighted by Gasteiger charge is 2.32. The number of benzene rings is 2. The van der Waals surface area contributed by atoms with Gasteiger partial charge in [-0.15, -0.1) is 0 Å². The molecule has 0 aliphatic carbocycles. The first-order valence-corrected chi connectivity index (χ1v) is 7.71. The number of hydrogen-bond acceptors (Lipinski definition) is 4. The molecular weight excluding hydrogens is 337 g/mol. The van der Waals surface area contributed by atoms with Gasteiger partial charge in [-0.2, -0.15) is 0 Å². The Kier molecular flexibility index (Phi) is 5.52. The Balaban J connectivity index is 2.45. The number of esters is 1. The number of carbonyl (C=O) groups excluding carboxylic acids is 1. The second-order valence-corrected chi connectivity index (χ2v) is 6.44. The number of hydrogen-bond donors (Lipinski definition) is 2. The van der Waals surface area contributed by atoms with Crippen LogP contribution in [0.1, 0.15) is 16.7 Å². The van der Waals surface area contributed by atoms with E-state index in [0.717, 1.165) is 0 Å². The summed E-state index contributed by atoms with van der Waals surface area (Å²) >= 11 is 13.1. The zero-order valence-corrected chi connectivity index (χ0v) is 14.0. The molecule has 3 N–H and O–H groups in total. The fourth-order valence-electron chi connectivity index (χ4n) is 2.31. The van der Waals surface area contributed by atoms with E-state index in [1.807, 2.05) is 18.2 Å². The smallest absolute Gasteiger partial charge is 0.322 e. The molecule has 4 nitrogen and oxygen atoms in total. The van der Waals surface area contributed by atoms with Crippen molar-refractivity contribution in [2.75, 3.05) is 7.11 Å². The second kappa shape index (κ2) is 7.21. The quantitative estimate of drug-likeness (QED) is 0.639. The minimum absolute atomic E-state index is 0.0250. The highest BCUT2D eigenvalue weighted by molar-refractivity contribution is 6.50. The lowest BCUT2D eigenvalue weighted by Gasteiger charge is -2.24. The van der Waals surface area contributed by atoms with Crippen LogP contribution < -0.4 is 5.73 Å². The monoisotopic (exact) mass is 353 g/mol. The van der Waals surface area contributed by atoms with Crippen LogP contribution in [0.15, 0.2) is 48.5 Å². The van der Waals surface area contributed by atoms with Gasteiger partial charge in [0.2, 0.25) is 0 Å². The number of methoxy groups -OCH3 is 1. The fourth-order valence-corrected chi connectivity index (χ4v) is 2.91. The van der Waals surface area contributed by atoms with Gasteiger partial charge in [-0.3, -0.25) is 4.79 Å². The molecule has 23 heavy (non-hydrogen) atoms. The third-order valence-corrected chi connectivity index (χ3v) is 4.36. The average molecular weight is 354 g/mol. The Morgan fingerprint density at radius 2 is 1.91 bits per heavy atom. The summed E-state index contributed by atoms with van der Waals surface area (Å²) in [7, 11) is 1.28. The Hall–Kier alpha value is -1.75. The van der Waals surface area contributed by atoms with Crippen LogP contribution in [0.4, 0.5) is 0 Å². The molecule has 0 aliphatic rings. The third kappa shape index (κ3) is 3.96. The molecule has 0 unspecified atom stereocenters. The molecule has 0 radical (unpaired) electrons. The molecule has 0 bridgehead atoms. The number of carbonyl (C=O) groups is 1. The van der Waals surface area contributed by atoms with Crippen LogP contribution >= 0.6 is 23.2 Å². The van der Waals surface area contributed by atoms with E-state index in [4.69, 9.17) is 28.9 Å². The van der Waals surface area contributed by atoms with Crippen molar-refractivity contribution in [2.24, 2.45) is 5.73 Å².